The molecule has 2 aromatic carbocycles. The number of nitrogen functional groups attached to an aromatic ring is 1. The molecule has 0 saturated carbocycles. The van der Waals surface area contributed by atoms with Crippen LogP contribution in [0.15, 0.2) is 39.3 Å². The second-order valence-electron chi connectivity index (χ2n) is 4.76. The third-order valence-electron chi connectivity index (χ3n) is 2.92. The molecule has 0 spiro atoms. The number of ether oxygens (including phenoxy) is 1. The smallest absolute Gasteiger partial charge is 0.157 e. The molecule has 0 atom stereocenters. The number of phenolic OH excluding ortho intramolecular Hbond substituents is 1. The molecule has 5 heteroatoms. The fourth-order valence-electron chi connectivity index (χ4n) is 1.82. The number of phenols is 1. The first-order valence-corrected chi connectivity index (χ1v) is 7.73. The summed E-state index contributed by atoms with van der Waals surface area (Å²) in [6.07, 6.45) is 0. The second-order valence-corrected chi connectivity index (χ2v) is 6.40. The lowest BCUT2D eigenvalue weighted by Crippen LogP contribution is -1.94. The molecule has 3 N–H and O–H groups in total. The quantitative estimate of drug-likeness (QED) is 0.676. The molecule has 106 valence electrons. The molecule has 0 aliphatic rings. The number of halogens is 2. The molecule has 0 aliphatic carbocycles. The number of hydrogen-bond donors (Lipinski definition) is 2. The average molecular weight is 401 g/mol. The van der Waals surface area contributed by atoms with Crippen LogP contribution in [0, 0.1) is 0 Å². The highest BCUT2D eigenvalue weighted by atomic mass is 79.9. The number of aromatic hydroxyl groups is 1. The topological polar surface area (TPSA) is 55.5 Å². The number of anilines is 1. The Kier molecular flexibility index (Phi) is 4.60. The molecule has 0 heterocycles. The maximum atomic E-state index is 9.83. The Morgan fingerprint density at radius 1 is 1.15 bits per heavy atom. The predicted octanol–water partition coefficient (Wildman–Crippen LogP) is 5.42. The predicted molar refractivity (Wildman–Crippen MR) is 88.5 cm³/mol. The Labute approximate surface area is 135 Å². The van der Waals surface area contributed by atoms with Gasteiger partial charge >= 0.3 is 0 Å². The fourth-order valence-corrected chi connectivity index (χ4v) is 2.92. The zero-order valence-corrected chi connectivity index (χ0v) is 14.3. The Morgan fingerprint density at radius 2 is 1.85 bits per heavy atom. The van der Waals surface area contributed by atoms with Crippen molar-refractivity contribution >= 4 is 37.5 Å². The van der Waals surface area contributed by atoms with Crippen LogP contribution in [-0.4, -0.2) is 5.11 Å². The summed E-state index contributed by atoms with van der Waals surface area (Å²) in [4.78, 5) is 0. The van der Waals surface area contributed by atoms with E-state index in [-0.39, 0.29) is 11.7 Å². The van der Waals surface area contributed by atoms with Crippen molar-refractivity contribution in [1.29, 1.82) is 0 Å². The molecule has 0 aliphatic heterocycles. The summed E-state index contributed by atoms with van der Waals surface area (Å²) in [6, 6.07) is 8.82. The molecular weight excluding hydrogens is 386 g/mol. The minimum atomic E-state index is 0.214. The van der Waals surface area contributed by atoms with E-state index in [0.29, 0.717) is 21.7 Å². The molecule has 3 nitrogen and oxygen atoms in total. The van der Waals surface area contributed by atoms with Crippen LogP contribution in [0.2, 0.25) is 0 Å². The Balaban J connectivity index is 2.41. The highest BCUT2D eigenvalue weighted by Gasteiger charge is 2.13. The van der Waals surface area contributed by atoms with Crippen LogP contribution in [0.4, 0.5) is 5.69 Å². The van der Waals surface area contributed by atoms with Gasteiger partial charge in [0.05, 0.1) is 8.95 Å². The summed E-state index contributed by atoms with van der Waals surface area (Å²) >= 11 is 6.86. The van der Waals surface area contributed by atoms with Gasteiger partial charge in [-0.1, -0.05) is 13.8 Å². The van der Waals surface area contributed by atoms with Gasteiger partial charge in [-0.25, -0.2) is 0 Å². The van der Waals surface area contributed by atoms with E-state index in [9.17, 15) is 5.11 Å². The Morgan fingerprint density at radius 3 is 2.50 bits per heavy atom. The van der Waals surface area contributed by atoms with E-state index >= 15 is 0 Å². The molecule has 0 fully saturated rings. The van der Waals surface area contributed by atoms with Crippen LogP contribution in [0.5, 0.6) is 17.2 Å². The lowest BCUT2D eigenvalue weighted by Gasteiger charge is -2.14. The van der Waals surface area contributed by atoms with E-state index in [1.54, 1.807) is 18.2 Å². The van der Waals surface area contributed by atoms with Gasteiger partial charge in [0, 0.05) is 11.3 Å². The van der Waals surface area contributed by atoms with Crippen LogP contribution in [0.25, 0.3) is 0 Å². The molecule has 2 rings (SSSR count). The van der Waals surface area contributed by atoms with E-state index in [2.05, 4.69) is 31.9 Å². The summed E-state index contributed by atoms with van der Waals surface area (Å²) in [5, 5.41) is 9.83. The first kappa shape index (κ1) is 15.2. The van der Waals surface area contributed by atoms with Gasteiger partial charge in [0.2, 0.25) is 0 Å². The first-order valence-electron chi connectivity index (χ1n) is 6.14. The molecule has 0 bridgehead atoms. The fraction of sp³-hybridized carbons (Fsp3) is 0.200. The molecule has 0 saturated heterocycles. The van der Waals surface area contributed by atoms with E-state index in [1.807, 2.05) is 26.0 Å². The Bertz CT molecular complexity index is 642. The van der Waals surface area contributed by atoms with Gasteiger partial charge in [-0.2, -0.15) is 0 Å². The molecule has 20 heavy (non-hydrogen) atoms. The number of rotatable bonds is 3. The SMILES string of the molecule is CC(C)c1cc(Oc2c(Br)ccc(N)c2Br)ccc1O. The lowest BCUT2D eigenvalue weighted by molar-refractivity contribution is 0.453. The van der Waals surface area contributed by atoms with E-state index in [0.717, 1.165) is 10.0 Å². The number of nitrogens with two attached hydrogens (primary N) is 1. The molecule has 0 amide bonds. The van der Waals surface area contributed by atoms with Gasteiger partial charge in [-0.3, -0.25) is 0 Å². The van der Waals surface area contributed by atoms with Crippen LogP contribution in [0.3, 0.4) is 0 Å². The minimum Gasteiger partial charge on any atom is -0.508 e. The molecule has 0 radical (unpaired) electrons. The molecule has 0 aromatic heterocycles. The number of hydrogen-bond acceptors (Lipinski definition) is 3. The number of benzene rings is 2. The normalized spacial score (nSPS) is 10.8. The van der Waals surface area contributed by atoms with Gasteiger partial charge in [0.1, 0.15) is 11.5 Å². The van der Waals surface area contributed by atoms with Crippen molar-refractivity contribution in [2.24, 2.45) is 0 Å². The zero-order chi connectivity index (χ0) is 14.9. The van der Waals surface area contributed by atoms with Gasteiger partial charge in [-0.05, 0) is 68.1 Å². The maximum absolute atomic E-state index is 9.83. The lowest BCUT2D eigenvalue weighted by atomic mass is 10.0. The van der Waals surface area contributed by atoms with Crippen molar-refractivity contribution in [3.63, 3.8) is 0 Å². The van der Waals surface area contributed by atoms with Gasteiger partial charge in [-0.15, -0.1) is 0 Å². The first-order chi connectivity index (χ1) is 9.40. The molecule has 0 unspecified atom stereocenters. The molecule has 2 aromatic rings. The van der Waals surface area contributed by atoms with Crippen molar-refractivity contribution < 1.29 is 9.84 Å². The van der Waals surface area contributed by atoms with Crippen LogP contribution in [-0.2, 0) is 0 Å². The van der Waals surface area contributed by atoms with Crippen molar-refractivity contribution in [2.75, 3.05) is 5.73 Å². The standard InChI is InChI=1S/C15H15Br2NO2/c1-8(2)10-7-9(3-6-13(10)19)20-15-11(16)4-5-12(18)14(15)17/h3-8,19H,18H2,1-2H3. The maximum Gasteiger partial charge on any atom is 0.157 e. The van der Waals surface area contributed by atoms with Gasteiger partial charge in [0.25, 0.3) is 0 Å². The van der Waals surface area contributed by atoms with Gasteiger partial charge < -0.3 is 15.6 Å². The van der Waals surface area contributed by atoms with Crippen molar-refractivity contribution in [2.45, 2.75) is 19.8 Å². The third kappa shape index (κ3) is 3.10. The minimum absolute atomic E-state index is 0.214. The summed E-state index contributed by atoms with van der Waals surface area (Å²) in [6.45, 7) is 4.04. The van der Waals surface area contributed by atoms with E-state index in [4.69, 9.17) is 10.5 Å². The van der Waals surface area contributed by atoms with Crippen molar-refractivity contribution in [1.82, 2.24) is 0 Å². The largest absolute Gasteiger partial charge is 0.508 e. The Hall–Kier alpha value is -1.20. The summed E-state index contributed by atoms with van der Waals surface area (Å²) in [5.41, 5.74) is 7.31. The summed E-state index contributed by atoms with van der Waals surface area (Å²) < 4.78 is 7.39. The second kappa shape index (κ2) is 6.06. The van der Waals surface area contributed by atoms with E-state index < -0.39 is 0 Å². The average Bonchev–Trinajstić information content (AvgIpc) is 2.40. The van der Waals surface area contributed by atoms with Crippen LogP contribution >= 0.6 is 31.9 Å². The van der Waals surface area contributed by atoms with Crippen LogP contribution < -0.4 is 10.5 Å². The summed E-state index contributed by atoms with van der Waals surface area (Å²) in [7, 11) is 0. The zero-order valence-electron chi connectivity index (χ0n) is 11.2. The highest BCUT2D eigenvalue weighted by Crippen LogP contribution is 2.41. The molecular formula is C15H15Br2NO2. The monoisotopic (exact) mass is 399 g/mol. The van der Waals surface area contributed by atoms with Crippen molar-refractivity contribution in [3.05, 3.63) is 44.8 Å². The summed E-state index contributed by atoms with van der Waals surface area (Å²) in [5.74, 6) is 1.76. The van der Waals surface area contributed by atoms with Gasteiger partial charge in [0.15, 0.2) is 5.75 Å². The van der Waals surface area contributed by atoms with E-state index in [1.165, 1.54) is 0 Å². The third-order valence-corrected chi connectivity index (χ3v) is 4.36. The van der Waals surface area contributed by atoms with Crippen LogP contribution in [0.1, 0.15) is 25.3 Å². The van der Waals surface area contributed by atoms with Crippen molar-refractivity contribution in [3.8, 4) is 17.2 Å². The highest BCUT2D eigenvalue weighted by molar-refractivity contribution is 9.11.